The van der Waals surface area contributed by atoms with E-state index < -0.39 is 0 Å². The first-order valence-electron chi connectivity index (χ1n) is 6.51. The number of carbonyl (C=O) groups is 1. The summed E-state index contributed by atoms with van der Waals surface area (Å²) in [5, 5.41) is 5.36. The van der Waals surface area contributed by atoms with Crippen LogP contribution >= 0.6 is 11.3 Å². The van der Waals surface area contributed by atoms with Crippen molar-refractivity contribution < 1.29 is 4.79 Å². The molecule has 0 aromatic carbocycles. The summed E-state index contributed by atoms with van der Waals surface area (Å²) < 4.78 is 0. The molecule has 4 nitrogen and oxygen atoms in total. The van der Waals surface area contributed by atoms with Crippen molar-refractivity contribution in [3.63, 3.8) is 0 Å². The summed E-state index contributed by atoms with van der Waals surface area (Å²) in [5.41, 5.74) is 2.58. The van der Waals surface area contributed by atoms with E-state index in [1.54, 1.807) is 11.3 Å². The maximum Gasteiger partial charge on any atom is 0.230 e. The lowest BCUT2D eigenvalue weighted by Gasteiger charge is -2.38. The summed E-state index contributed by atoms with van der Waals surface area (Å²) in [7, 11) is 1.88. The predicted molar refractivity (Wildman–Crippen MR) is 73.4 cm³/mol. The number of piperidine rings is 1. The molecule has 1 atom stereocenters. The van der Waals surface area contributed by atoms with Crippen molar-refractivity contribution >= 4 is 17.2 Å². The molecular weight excluding hydrogens is 246 g/mol. The highest BCUT2D eigenvalue weighted by Crippen LogP contribution is 2.32. The molecule has 0 spiro atoms. The van der Waals surface area contributed by atoms with E-state index in [9.17, 15) is 4.79 Å². The Hall–Kier alpha value is -0.940. The van der Waals surface area contributed by atoms with Gasteiger partial charge in [-0.05, 0) is 25.8 Å². The normalized spacial score (nSPS) is 23.9. The molecule has 1 aromatic heterocycles. The van der Waals surface area contributed by atoms with Gasteiger partial charge < -0.3 is 10.2 Å². The second-order valence-corrected chi connectivity index (χ2v) is 5.77. The fourth-order valence-corrected chi connectivity index (χ4v) is 3.19. The summed E-state index contributed by atoms with van der Waals surface area (Å²) >= 11 is 1.57. The molecule has 1 amide bonds. The van der Waals surface area contributed by atoms with Crippen molar-refractivity contribution in [2.45, 2.75) is 32.7 Å². The number of carbonyl (C=O) groups excluding carboxylic acids is 1. The van der Waals surface area contributed by atoms with Crippen LogP contribution in [0.4, 0.5) is 0 Å². The zero-order valence-corrected chi connectivity index (χ0v) is 11.9. The van der Waals surface area contributed by atoms with Crippen LogP contribution in [-0.4, -0.2) is 35.9 Å². The number of nitrogens with one attached hydrogen (secondary N) is 1. The summed E-state index contributed by atoms with van der Waals surface area (Å²) in [6.07, 6.45) is 2.99. The van der Waals surface area contributed by atoms with Gasteiger partial charge >= 0.3 is 0 Å². The van der Waals surface area contributed by atoms with Crippen LogP contribution in [0, 0.1) is 5.41 Å². The van der Waals surface area contributed by atoms with Gasteiger partial charge in [0, 0.05) is 19.0 Å². The van der Waals surface area contributed by atoms with Gasteiger partial charge in [0.2, 0.25) is 5.91 Å². The van der Waals surface area contributed by atoms with Crippen LogP contribution in [0.5, 0.6) is 0 Å². The Morgan fingerprint density at radius 1 is 1.67 bits per heavy atom. The predicted octanol–water partition coefficient (Wildman–Crippen LogP) is 1.88. The molecule has 1 unspecified atom stereocenters. The van der Waals surface area contributed by atoms with Crippen molar-refractivity contribution in [2.75, 3.05) is 20.1 Å². The van der Waals surface area contributed by atoms with Gasteiger partial charge in [0.25, 0.3) is 0 Å². The first kappa shape index (κ1) is 13.5. The van der Waals surface area contributed by atoms with E-state index >= 15 is 0 Å². The van der Waals surface area contributed by atoms with Gasteiger partial charge in [0.15, 0.2) is 0 Å². The van der Waals surface area contributed by atoms with Crippen molar-refractivity contribution in [2.24, 2.45) is 5.41 Å². The molecule has 5 heteroatoms. The maximum absolute atomic E-state index is 12.6. The van der Waals surface area contributed by atoms with Crippen LogP contribution in [0.15, 0.2) is 10.9 Å². The van der Waals surface area contributed by atoms with Crippen molar-refractivity contribution in [3.05, 3.63) is 16.6 Å². The molecule has 18 heavy (non-hydrogen) atoms. The Bertz CT molecular complexity index is 385. The van der Waals surface area contributed by atoms with Crippen LogP contribution in [0.1, 0.15) is 31.9 Å². The molecule has 1 aromatic rings. The van der Waals surface area contributed by atoms with Gasteiger partial charge in [-0.2, -0.15) is 0 Å². The lowest BCUT2D eigenvalue weighted by Crippen LogP contribution is -2.50. The van der Waals surface area contributed by atoms with Crippen LogP contribution in [0.25, 0.3) is 0 Å². The van der Waals surface area contributed by atoms with E-state index in [0.29, 0.717) is 6.54 Å². The number of rotatable bonds is 4. The van der Waals surface area contributed by atoms with E-state index in [4.69, 9.17) is 0 Å². The van der Waals surface area contributed by atoms with E-state index in [2.05, 4.69) is 17.2 Å². The fraction of sp³-hybridized carbons (Fsp3) is 0.692. The van der Waals surface area contributed by atoms with Gasteiger partial charge in [-0.1, -0.05) is 6.92 Å². The Balaban J connectivity index is 2.04. The molecule has 1 aliphatic rings. The molecule has 100 valence electrons. The highest BCUT2D eigenvalue weighted by molar-refractivity contribution is 7.07. The average molecular weight is 267 g/mol. The second kappa shape index (κ2) is 5.80. The number of amides is 1. The van der Waals surface area contributed by atoms with Crippen molar-refractivity contribution in [3.8, 4) is 0 Å². The molecule has 0 aliphatic carbocycles. The first-order valence-corrected chi connectivity index (χ1v) is 7.45. The molecule has 1 N–H and O–H groups in total. The van der Waals surface area contributed by atoms with Gasteiger partial charge in [0.1, 0.15) is 0 Å². The molecule has 2 rings (SSSR count). The standard InChI is InChI=1S/C13H21N3OS/c1-3-13(5-4-6-14-9-13)12(17)16(2)7-11-8-18-10-15-11/h8,10,14H,3-7,9H2,1-2H3. The highest BCUT2D eigenvalue weighted by Gasteiger charge is 2.39. The number of nitrogens with zero attached hydrogens (tertiary/aromatic N) is 2. The quantitative estimate of drug-likeness (QED) is 0.906. The third kappa shape index (κ3) is 2.72. The molecule has 0 saturated carbocycles. The minimum Gasteiger partial charge on any atom is -0.339 e. The number of hydrogen-bond donors (Lipinski definition) is 1. The zero-order chi connectivity index (χ0) is 13.0. The van der Waals surface area contributed by atoms with E-state index in [1.165, 1.54) is 0 Å². The van der Waals surface area contributed by atoms with Gasteiger partial charge in [0.05, 0.1) is 23.2 Å². The Labute approximate surface area is 112 Å². The van der Waals surface area contributed by atoms with Gasteiger partial charge in [-0.15, -0.1) is 11.3 Å². The Morgan fingerprint density at radius 3 is 3.06 bits per heavy atom. The minimum absolute atomic E-state index is 0.205. The lowest BCUT2D eigenvalue weighted by molar-refractivity contribution is -0.142. The van der Waals surface area contributed by atoms with Crippen LogP contribution in [0.2, 0.25) is 0 Å². The summed E-state index contributed by atoms with van der Waals surface area (Å²) in [5.74, 6) is 0.255. The first-order chi connectivity index (χ1) is 8.68. The topological polar surface area (TPSA) is 45.2 Å². The molecule has 1 aliphatic heterocycles. The number of hydrogen-bond acceptors (Lipinski definition) is 4. The molecule has 1 fully saturated rings. The molecular formula is C13H21N3OS. The lowest BCUT2D eigenvalue weighted by atomic mass is 9.77. The molecule has 2 heterocycles. The molecule has 1 saturated heterocycles. The molecule has 0 radical (unpaired) electrons. The van der Waals surface area contributed by atoms with Gasteiger partial charge in [-0.25, -0.2) is 4.98 Å². The highest BCUT2D eigenvalue weighted by atomic mass is 32.1. The van der Waals surface area contributed by atoms with E-state index in [0.717, 1.165) is 38.0 Å². The largest absolute Gasteiger partial charge is 0.339 e. The molecule has 0 bridgehead atoms. The van der Waals surface area contributed by atoms with Crippen LogP contribution < -0.4 is 5.32 Å². The fourth-order valence-electron chi connectivity index (χ4n) is 2.64. The number of aromatic nitrogens is 1. The summed E-state index contributed by atoms with van der Waals surface area (Å²) in [6.45, 7) is 4.57. The van der Waals surface area contributed by atoms with E-state index in [1.807, 2.05) is 22.8 Å². The average Bonchev–Trinajstić information content (AvgIpc) is 2.91. The second-order valence-electron chi connectivity index (χ2n) is 5.06. The SMILES string of the molecule is CCC1(C(=O)N(C)Cc2cscn2)CCCNC1. The Kier molecular flexibility index (Phi) is 4.35. The summed E-state index contributed by atoms with van der Waals surface area (Å²) in [4.78, 5) is 18.7. The van der Waals surface area contributed by atoms with Crippen LogP contribution in [-0.2, 0) is 11.3 Å². The Morgan fingerprint density at radius 2 is 2.50 bits per heavy atom. The van der Waals surface area contributed by atoms with Gasteiger partial charge in [-0.3, -0.25) is 4.79 Å². The van der Waals surface area contributed by atoms with E-state index in [-0.39, 0.29) is 11.3 Å². The zero-order valence-electron chi connectivity index (χ0n) is 11.1. The smallest absolute Gasteiger partial charge is 0.230 e. The maximum atomic E-state index is 12.6. The van der Waals surface area contributed by atoms with Crippen LogP contribution in [0.3, 0.4) is 0 Å². The van der Waals surface area contributed by atoms with Crippen molar-refractivity contribution in [1.82, 2.24) is 15.2 Å². The third-order valence-electron chi connectivity index (χ3n) is 3.83. The monoisotopic (exact) mass is 267 g/mol. The van der Waals surface area contributed by atoms with Crippen molar-refractivity contribution in [1.29, 1.82) is 0 Å². The minimum atomic E-state index is -0.205. The third-order valence-corrected chi connectivity index (χ3v) is 4.47. The summed E-state index contributed by atoms with van der Waals surface area (Å²) in [6, 6.07) is 0. The number of thiazole rings is 1.